The third-order valence-corrected chi connectivity index (χ3v) is 9.32. The average Bonchev–Trinajstić information content (AvgIpc) is 3.23. The molecule has 6 atom stereocenters. The van der Waals surface area contributed by atoms with Gasteiger partial charge in [0.15, 0.2) is 5.60 Å². The van der Waals surface area contributed by atoms with E-state index >= 15 is 0 Å². The van der Waals surface area contributed by atoms with Crippen molar-refractivity contribution < 1.29 is 23.5 Å². The van der Waals surface area contributed by atoms with Gasteiger partial charge in [0.1, 0.15) is 16.8 Å². The summed E-state index contributed by atoms with van der Waals surface area (Å²) < 4.78 is 26.8. The Morgan fingerprint density at radius 1 is 1.14 bits per heavy atom. The number of likely N-dealkylation sites (tertiary alicyclic amines) is 1. The number of fused-ring (bicyclic) bond motifs is 5. The summed E-state index contributed by atoms with van der Waals surface area (Å²) >= 11 is 0. The number of amides is 1. The highest BCUT2D eigenvalue weighted by Crippen LogP contribution is 2.62. The molecule has 0 aromatic heterocycles. The van der Waals surface area contributed by atoms with E-state index in [0.29, 0.717) is 13.1 Å². The lowest BCUT2D eigenvalue weighted by atomic mass is 9.58. The third-order valence-electron chi connectivity index (χ3n) is 9.32. The molecule has 0 bridgehead atoms. The minimum Gasteiger partial charge on any atom is -0.450 e. The van der Waals surface area contributed by atoms with Crippen LogP contribution in [-0.4, -0.2) is 64.8 Å². The summed E-state index contributed by atoms with van der Waals surface area (Å²) in [6.07, 6.45) is 13.5. The SMILES string of the molecule is CC(C)(C)OC(=O)N1CC([C@@]23C=CC(F)=CC=C2[C@@]2(CN4CCCC[C@H]42)OC3=O)C2CCCCC21. The second-order valence-corrected chi connectivity index (χ2v) is 12.4. The smallest absolute Gasteiger partial charge is 0.410 e. The first kappa shape index (κ1) is 23.3. The van der Waals surface area contributed by atoms with E-state index in [1.807, 2.05) is 31.7 Å². The molecule has 0 aromatic carbocycles. The first-order valence-electron chi connectivity index (χ1n) is 13.4. The zero-order valence-corrected chi connectivity index (χ0v) is 21.1. The Bertz CT molecular complexity index is 1030. The van der Waals surface area contributed by atoms with Crippen molar-refractivity contribution in [2.45, 2.75) is 89.0 Å². The zero-order valence-electron chi connectivity index (χ0n) is 21.1. The summed E-state index contributed by atoms with van der Waals surface area (Å²) in [5.41, 5.74) is -1.43. The molecule has 1 saturated carbocycles. The first-order valence-corrected chi connectivity index (χ1v) is 13.4. The van der Waals surface area contributed by atoms with Gasteiger partial charge in [0.25, 0.3) is 0 Å². The van der Waals surface area contributed by atoms with Crippen molar-refractivity contribution >= 4 is 12.1 Å². The summed E-state index contributed by atoms with van der Waals surface area (Å²) in [5.74, 6) is -0.632. The van der Waals surface area contributed by atoms with E-state index in [-0.39, 0.29) is 41.8 Å². The summed E-state index contributed by atoms with van der Waals surface area (Å²) in [4.78, 5) is 31.6. The summed E-state index contributed by atoms with van der Waals surface area (Å²) in [7, 11) is 0. The monoisotopic (exact) mass is 484 g/mol. The number of piperidine rings is 1. The van der Waals surface area contributed by atoms with E-state index < -0.39 is 16.6 Å². The van der Waals surface area contributed by atoms with Crippen LogP contribution in [-0.2, 0) is 14.3 Å². The number of allylic oxidation sites excluding steroid dienone is 4. The van der Waals surface area contributed by atoms with Crippen molar-refractivity contribution in [2.24, 2.45) is 17.3 Å². The van der Waals surface area contributed by atoms with Gasteiger partial charge in [-0.25, -0.2) is 9.18 Å². The van der Waals surface area contributed by atoms with Gasteiger partial charge in [0, 0.05) is 25.0 Å². The normalized spacial score (nSPS) is 40.7. The molecule has 1 spiro atoms. The van der Waals surface area contributed by atoms with Gasteiger partial charge in [-0.1, -0.05) is 31.4 Å². The van der Waals surface area contributed by atoms with Crippen LogP contribution in [0.1, 0.15) is 65.7 Å². The second kappa shape index (κ2) is 7.92. The largest absolute Gasteiger partial charge is 0.450 e. The topological polar surface area (TPSA) is 59.1 Å². The molecule has 0 aromatic rings. The van der Waals surface area contributed by atoms with E-state index in [0.717, 1.165) is 57.1 Å². The van der Waals surface area contributed by atoms with Gasteiger partial charge in [0.05, 0.1) is 6.04 Å². The maximum absolute atomic E-state index is 14.6. The number of halogens is 1. The van der Waals surface area contributed by atoms with Crippen LogP contribution < -0.4 is 0 Å². The molecule has 6 rings (SSSR count). The van der Waals surface area contributed by atoms with Crippen molar-refractivity contribution in [3.63, 3.8) is 0 Å². The predicted molar refractivity (Wildman–Crippen MR) is 129 cm³/mol. The highest BCUT2D eigenvalue weighted by Gasteiger charge is 2.72. The maximum atomic E-state index is 14.6. The van der Waals surface area contributed by atoms with E-state index in [2.05, 4.69) is 4.90 Å². The van der Waals surface area contributed by atoms with Crippen LogP contribution >= 0.6 is 0 Å². The summed E-state index contributed by atoms with van der Waals surface area (Å²) in [5, 5.41) is 0. The van der Waals surface area contributed by atoms with Crippen LogP contribution in [0.25, 0.3) is 0 Å². The van der Waals surface area contributed by atoms with E-state index in [1.54, 1.807) is 6.08 Å². The van der Waals surface area contributed by atoms with Crippen molar-refractivity contribution in [3.05, 3.63) is 35.7 Å². The van der Waals surface area contributed by atoms with Crippen molar-refractivity contribution in [2.75, 3.05) is 19.6 Å². The van der Waals surface area contributed by atoms with Crippen molar-refractivity contribution in [1.82, 2.24) is 9.80 Å². The van der Waals surface area contributed by atoms with Crippen LogP contribution in [0.15, 0.2) is 35.7 Å². The van der Waals surface area contributed by atoms with Gasteiger partial charge < -0.3 is 14.4 Å². The molecular formula is C28H37FN2O4. The van der Waals surface area contributed by atoms with Gasteiger partial charge in [-0.2, -0.15) is 0 Å². The van der Waals surface area contributed by atoms with Crippen molar-refractivity contribution in [1.29, 1.82) is 0 Å². The predicted octanol–water partition coefficient (Wildman–Crippen LogP) is 4.91. The van der Waals surface area contributed by atoms with Crippen LogP contribution in [0.3, 0.4) is 0 Å². The lowest BCUT2D eigenvalue weighted by Gasteiger charge is -2.57. The van der Waals surface area contributed by atoms with Gasteiger partial charge in [0.2, 0.25) is 0 Å². The number of ether oxygens (including phenoxy) is 2. The Hall–Kier alpha value is -2.15. The lowest BCUT2D eigenvalue weighted by Crippen LogP contribution is -2.71. The van der Waals surface area contributed by atoms with E-state index in [9.17, 15) is 14.0 Å². The van der Waals surface area contributed by atoms with Gasteiger partial charge in [-0.15, -0.1) is 0 Å². The van der Waals surface area contributed by atoms with Gasteiger partial charge in [-0.05, 0) is 76.6 Å². The minimum absolute atomic E-state index is 0.0330. The molecule has 1 amide bonds. The standard InChI is InChI=1S/C28H37FN2O4/c1-26(2,3)35-25(33)31-16-20(19-8-4-5-9-21(19)31)27-14-13-18(29)11-12-22(27)28(34-24(27)32)17-30-15-7-6-10-23(28)30/h11-14,19-21,23H,4-10,15-17H2,1-3H3/t19?,20?,21?,23-,27-,28+/m0/s1. The first-order chi connectivity index (χ1) is 16.7. The number of carbonyl (C=O) groups is 2. The van der Waals surface area contributed by atoms with Gasteiger partial charge >= 0.3 is 12.1 Å². The fourth-order valence-electron chi connectivity index (χ4n) is 7.97. The van der Waals surface area contributed by atoms with Gasteiger partial charge in [-0.3, -0.25) is 9.69 Å². The van der Waals surface area contributed by atoms with Crippen LogP contribution in [0, 0.1) is 17.3 Å². The molecule has 4 aliphatic heterocycles. The summed E-state index contributed by atoms with van der Waals surface area (Å²) in [6, 6.07) is 0.187. The Labute approximate surface area is 207 Å². The van der Waals surface area contributed by atoms with E-state index in [1.165, 1.54) is 12.2 Å². The molecule has 3 unspecified atom stereocenters. The molecule has 190 valence electrons. The van der Waals surface area contributed by atoms with Crippen LogP contribution in [0.5, 0.6) is 0 Å². The van der Waals surface area contributed by atoms with E-state index in [4.69, 9.17) is 9.47 Å². The maximum Gasteiger partial charge on any atom is 0.410 e. The Balaban J connectivity index is 1.42. The third kappa shape index (κ3) is 3.36. The molecule has 7 heteroatoms. The Kier molecular flexibility index (Phi) is 5.27. The molecule has 0 radical (unpaired) electrons. The fraction of sp³-hybridized carbons (Fsp3) is 0.714. The molecule has 2 aliphatic carbocycles. The van der Waals surface area contributed by atoms with Crippen molar-refractivity contribution in [3.8, 4) is 0 Å². The molecule has 4 heterocycles. The molecule has 5 fully saturated rings. The highest BCUT2D eigenvalue weighted by molar-refractivity contribution is 5.90. The molecular weight excluding hydrogens is 447 g/mol. The number of rotatable bonds is 1. The average molecular weight is 485 g/mol. The highest BCUT2D eigenvalue weighted by atomic mass is 19.1. The lowest BCUT2D eigenvalue weighted by molar-refractivity contribution is -0.181. The summed E-state index contributed by atoms with van der Waals surface area (Å²) in [6.45, 7) is 7.76. The van der Waals surface area contributed by atoms with Crippen LogP contribution in [0.2, 0.25) is 0 Å². The molecule has 6 nitrogen and oxygen atoms in total. The molecule has 6 aliphatic rings. The molecule has 35 heavy (non-hydrogen) atoms. The Morgan fingerprint density at radius 2 is 1.91 bits per heavy atom. The molecule has 4 saturated heterocycles. The second-order valence-electron chi connectivity index (χ2n) is 12.4. The Morgan fingerprint density at radius 3 is 2.69 bits per heavy atom. The number of hydrogen-bond donors (Lipinski definition) is 0. The fourth-order valence-corrected chi connectivity index (χ4v) is 7.97. The number of carbonyl (C=O) groups excluding carboxylic acids is 2. The quantitative estimate of drug-likeness (QED) is 0.495. The minimum atomic E-state index is -1.05. The van der Waals surface area contributed by atoms with Crippen LogP contribution in [0.4, 0.5) is 9.18 Å². The number of esters is 1. The number of hydrogen-bond acceptors (Lipinski definition) is 5. The zero-order chi connectivity index (χ0) is 24.6. The molecule has 0 N–H and O–H groups in total. The number of nitrogens with zero attached hydrogens (tertiary/aromatic N) is 2.